The molecule has 14 heavy (non-hydrogen) atoms. The third-order valence-corrected chi connectivity index (χ3v) is 2.93. The lowest BCUT2D eigenvalue weighted by Crippen LogP contribution is -2.12. The zero-order chi connectivity index (χ0) is 9.97. The molecule has 0 saturated carbocycles. The summed E-state index contributed by atoms with van der Waals surface area (Å²) in [5.74, 6) is 0. The molecule has 0 bridgehead atoms. The Morgan fingerprint density at radius 3 is 3.14 bits per heavy atom. The highest BCUT2D eigenvalue weighted by Crippen LogP contribution is 2.21. The molecule has 1 unspecified atom stereocenters. The summed E-state index contributed by atoms with van der Waals surface area (Å²) in [6.07, 6.45) is 1.15. The summed E-state index contributed by atoms with van der Waals surface area (Å²) in [7, 11) is 0. The van der Waals surface area contributed by atoms with Gasteiger partial charge in [-0.05, 0) is 23.6 Å². The Hall–Kier alpha value is -1.26. The van der Waals surface area contributed by atoms with E-state index in [0.717, 1.165) is 22.2 Å². The van der Waals surface area contributed by atoms with E-state index < -0.39 is 0 Å². The Kier molecular flexibility index (Phi) is 2.56. The summed E-state index contributed by atoms with van der Waals surface area (Å²) in [5, 5.41) is 1.99. The van der Waals surface area contributed by atoms with Gasteiger partial charge < -0.3 is 10.5 Å². The van der Waals surface area contributed by atoms with Crippen LogP contribution >= 0.6 is 11.3 Å². The summed E-state index contributed by atoms with van der Waals surface area (Å²) in [5.41, 5.74) is 7.51. The molecule has 0 radical (unpaired) electrons. The van der Waals surface area contributed by atoms with E-state index in [1.807, 2.05) is 23.6 Å². The van der Waals surface area contributed by atoms with Gasteiger partial charge in [0.2, 0.25) is 0 Å². The third kappa shape index (κ3) is 1.66. The number of thiophene rings is 1. The number of nitrogens with zero attached hydrogens (tertiary/aromatic N) is 1. The minimum absolute atomic E-state index is 0.281. The summed E-state index contributed by atoms with van der Waals surface area (Å²) in [4.78, 5) is 14.7. The smallest absolute Gasteiger partial charge is 0.121 e. The van der Waals surface area contributed by atoms with Gasteiger partial charge in [-0.3, -0.25) is 4.98 Å². The molecule has 3 nitrogen and oxygen atoms in total. The lowest BCUT2D eigenvalue weighted by molar-refractivity contribution is -0.108. The number of carbonyl (C=O) groups excluding carboxylic acids is 1. The number of nitrogens with two attached hydrogens (primary N) is 1. The first kappa shape index (κ1) is 9.30. The molecule has 0 aliphatic heterocycles. The van der Waals surface area contributed by atoms with Gasteiger partial charge in [-0.15, -0.1) is 11.3 Å². The van der Waals surface area contributed by atoms with Gasteiger partial charge in [0.1, 0.15) is 6.29 Å². The van der Waals surface area contributed by atoms with Crippen molar-refractivity contribution in [1.82, 2.24) is 4.98 Å². The van der Waals surface area contributed by atoms with E-state index in [1.165, 1.54) is 0 Å². The third-order valence-electron chi connectivity index (χ3n) is 2.06. The molecule has 2 N–H and O–H groups in total. The van der Waals surface area contributed by atoms with Crippen molar-refractivity contribution in [2.75, 3.05) is 0 Å². The van der Waals surface area contributed by atoms with Crippen molar-refractivity contribution in [3.8, 4) is 0 Å². The predicted molar refractivity (Wildman–Crippen MR) is 57.2 cm³/mol. The lowest BCUT2D eigenvalue weighted by Gasteiger charge is -2.06. The van der Waals surface area contributed by atoms with Crippen molar-refractivity contribution in [2.24, 2.45) is 5.73 Å². The fraction of sp³-hybridized carbons (Fsp3) is 0.200. The van der Waals surface area contributed by atoms with E-state index in [2.05, 4.69) is 4.98 Å². The Labute approximate surface area is 85.6 Å². The zero-order valence-electron chi connectivity index (χ0n) is 7.51. The van der Waals surface area contributed by atoms with Gasteiger partial charge in [-0.25, -0.2) is 0 Å². The lowest BCUT2D eigenvalue weighted by atomic mass is 10.1. The molecule has 0 aromatic carbocycles. The quantitative estimate of drug-likeness (QED) is 0.780. The van der Waals surface area contributed by atoms with Gasteiger partial charge in [-0.2, -0.15) is 0 Å². The Morgan fingerprint density at radius 2 is 2.36 bits per heavy atom. The average Bonchev–Trinajstić information content (AvgIpc) is 2.64. The second kappa shape index (κ2) is 3.86. The molecular weight excluding hydrogens is 196 g/mol. The first-order chi connectivity index (χ1) is 6.81. The number of hydrogen-bond acceptors (Lipinski definition) is 4. The number of aldehydes is 1. The molecule has 0 spiro atoms. The number of rotatable bonds is 3. The van der Waals surface area contributed by atoms with Crippen LogP contribution in [0.3, 0.4) is 0 Å². The molecule has 2 aromatic heterocycles. The van der Waals surface area contributed by atoms with Crippen LogP contribution in [0, 0.1) is 0 Å². The summed E-state index contributed by atoms with van der Waals surface area (Å²) >= 11 is 1.65. The van der Waals surface area contributed by atoms with E-state index in [-0.39, 0.29) is 6.04 Å². The van der Waals surface area contributed by atoms with E-state index >= 15 is 0 Å². The van der Waals surface area contributed by atoms with E-state index in [0.29, 0.717) is 6.42 Å². The minimum Gasteiger partial charge on any atom is -0.322 e. The van der Waals surface area contributed by atoms with Crippen LogP contribution in [-0.4, -0.2) is 11.3 Å². The van der Waals surface area contributed by atoms with Crippen LogP contribution < -0.4 is 5.73 Å². The Bertz CT molecular complexity index is 452. The number of hydrogen-bond donors (Lipinski definition) is 1. The summed E-state index contributed by atoms with van der Waals surface area (Å²) in [6, 6.07) is 5.55. The van der Waals surface area contributed by atoms with Gasteiger partial charge in [-0.1, -0.05) is 0 Å². The van der Waals surface area contributed by atoms with Crippen molar-refractivity contribution in [1.29, 1.82) is 0 Å². The first-order valence-electron chi connectivity index (χ1n) is 4.34. The van der Waals surface area contributed by atoms with Gasteiger partial charge in [0.15, 0.2) is 0 Å². The summed E-state index contributed by atoms with van der Waals surface area (Å²) < 4.78 is 1.15. The number of carbonyl (C=O) groups is 1. The highest BCUT2D eigenvalue weighted by molar-refractivity contribution is 7.17. The van der Waals surface area contributed by atoms with E-state index in [4.69, 9.17) is 5.73 Å². The molecule has 0 saturated heterocycles. The highest BCUT2D eigenvalue weighted by Gasteiger charge is 2.07. The van der Waals surface area contributed by atoms with Gasteiger partial charge >= 0.3 is 0 Å². The maximum atomic E-state index is 10.3. The van der Waals surface area contributed by atoms with Crippen LogP contribution in [-0.2, 0) is 4.79 Å². The second-order valence-corrected chi connectivity index (χ2v) is 4.00. The van der Waals surface area contributed by atoms with Crippen LogP contribution in [0.4, 0.5) is 0 Å². The Balaban J connectivity index is 2.38. The maximum Gasteiger partial charge on any atom is 0.121 e. The van der Waals surface area contributed by atoms with Crippen molar-refractivity contribution in [3.63, 3.8) is 0 Å². The molecule has 72 valence electrons. The van der Waals surface area contributed by atoms with Crippen molar-refractivity contribution in [2.45, 2.75) is 12.5 Å². The van der Waals surface area contributed by atoms with Crippen LogP contribution in [0.2, 0.25) is 0 Å². The molecular formula is C10H10N2OS. The fourth-order valence-corrected chi connectivity index (χ4v) is 2.02. The van der Waals surface area contributed by atoms with Crippen molar-refractivity contribution < 1.29 is 4.79 Å². The fourth-order valence-electron chi connectivity index (χ4n) is 1.30. The topological polar surface area (TPSA) is 56.0 Å². The summed E-state index contributed by atoms with van der Waals surface area (Å²) in [6.45, 7) is 0. The number of pyridine rings is 1. The average molecular weight is 206 g/mol. The Morgan fingerprint density at radius 1 is 1.50 bits per heavy atom. The standard InChI is InChI=1S/C10H10N2OS/c11-7(3-5-13)8-1-2-10-9(12-8)4-6-14-10/h1-2,4-7H,3,11H2. The SMILES string of the molecule is NC(CC=O)c1ccc2sccc2n1. The van der Waals surface area contributed by atoms with Crippen LogP contribution in [0.5, 0.6) is 0 Å². The van der Waals surface area contributed by atoms with Gasteiger partial charge in [0.25, 0.3) is 0 Å². The molecule has 2 aromatic rings. The van der Waals surface area contributed by atoms with Crippen LogP contribution in [0.25, 0.3) is 10.2 Å². The van der Waals surface area contributed by atoms with E-state index in [1.54, 1.807) is 11.3 Å². The monoisotopic (exact) mass is 206 g/mol. The molecule has 0 aliphatic carbocycles. The number of aromatic nitrogens is 1. The van der Waals surface area contributed by atoms with E-state index in [9.17, 15) is 4.79 Å². The van der Waals surface area contributed by atoms with Crippen LogP contribution in [0.15, 0.2) is 23.6 Å². The molecule has 2 heterocycles. The second-order valence-electron chi connectivity index (χ2n) is 3.05. The van der Waals surface area contributed by atoms with Gasteiger partial charge in [0, 0.05) is 6.42 Å². The molecule has 1 atom stereocenters. The molecule has 4 heteroatoms. The highest BCUT2D eigenvalue weighted by atomic mass is 32.1. The first-order valence-corrected chi connectivity index (χ1v) is 5.22. The number of fused-ring (bicyclic) bond motifs is 1. The van der Waals surface area contributed by atoms with Gasteiger partial charge in [0.05, 0.1) is 22.0 Å². The molecule has 0 fully saturated rings. The minimum atomic E-state index is -0.281. The normalized spacial score (nSPS) is 12.9. The largest absolute Gasteiger partial charge is 0.322 e. The van der Waals surface area contributed by atoms with Crippen molar-refractivity contribution >= 4 is 27.8 Å². The van der Waals surface area contributed by atoms with Crippen LogP contribution in [0.1, 0.15) is 18.2 Å². The molecule has 0 aliphatic rings. The predicted octanol–water partition coefficient (Wildman–Crippen LogP) is 1.89. The maximum absolute atomic E-state index is 10.3. The van der Waals surface area contributed by atoms with Crippen molar-refractivity contribution in [3.05, 3.63) is 29.3 Å². The molecule has 0 amide bonds. The molecule has 2 rings (SSSR count). The zero-order valence-corrected chi connectivity index (χ0v) is 8.33.